The molecule has 96 valence electrons. The normalized spacial score (nSPS) is 10.0. The molecule has 5 heteroatoms. The smallest absolute Gasteiger partial charge is 0.147 e. The summed E-state index contributed by atoms with van der Waals surface area (Å²) in [5.41, 5.74) is 1.07. The topological polar surface area (TPSA) is 35.8 Å². The van der Waals surface area contributed by atoms with E-state index in [1.807, 2.05) is 6.07 Å². The fourth-order valence-electron chi connectivity index (χ4n) is 1.64. The second-order valence-corrected chi connectivity index (χ2v) is 4.33. The summed E-state index contributed by atoms with van der Waals surface area (Å²) in [5.74, 6) is -0.935. The van der Waals surface area contributed by atoms with Crippen molar-refractivity contribution in [2.45, 2.75) is 6.54 Å². The zero-order chi connectivity index (χ0) is 13.8. The minimum Gasteiger partial charge on any atom is -0.379 e. The lowest BCUT2D eigenvalue weighted by Crippen LogP contribution is -2.03. The van der Waals surface area contributed by atoms with E-state index in [1.165, 1.54) is 30.3 Å². The molecule has 19 heavy (non-hydrogen) atoms. The molecule has 2 aromatic rings. The van der Waals surface area contributed by atoms with Crippen LogP contribution < -0.4 is 5.32 Å². The van der Waals surface area contributed by atoms with E-state index in [-0.39, 0.29) is 12.2 Å². The standard InChI is InChI=1S/C14H9ClF2N2/c15-11-2-4-14(13(17)6-11)19-8-10-5-12(16)3-1-9(10)7-18/h1-6,19H,8H2. The molecule has 0 amide bonds. The Morgan fingerprint density at radius 1 is 1.16 bits per heavy atom. The molecular weight excluding hydrogens is 270 g/mol. The largest absolute Gasteiger partial charge is 0.379 e. The zero-order valence-electron chi connectivity index (χ0n) is 9.75. The van der Waals surface area contributed by atoms with Crippen LogP contribution in [-0.2, 0) is 6.54 Å². The van der Waals surface area contributed by atoms with Gasteiger partial charge in [-0.25, -0.2) is 8.78 Å². The summed E-state index contributed by atoms with van der Waals surface area (Å²) in [4.78, 5) is 0. The van der Waals surface area contributed by atoms with Crippen LogP contribution in [0.1, 0.15) is 11.1 Å². The monoisotopic (exact) mass is 278 g/mol. The molecule has 2 rings (SSSR count). The third-order valence-corrected chi connectivity index (χ3v) is 2.82. The molecule has 0 saturated heterocycles. The number of nitrogens with one attached hydrogen (secondary N) is 1. The van der Waals surface area contributed by atoms with Gasteiger partial charge in [-0.2, -0.15) is 5.26 Å². The number of hydrogen-bond acceptors (Lipinski definition) is 2. The van der Waals surface area contributed by atoms with Crippen molar-refractivity contribution in [2.24, 2.45) is 0 Å². The lowest BCUT2D eigenvalue weighted by molar-refractivity contribution is 0.624. The van der Waals surface area contributed by atoms with Crippen molar-refractivity contribution in [3.63, 3.8) is 0 Å². The Bertz CT molecular complexity index is 650. The molecular formula is C14H9ClF2N2. The minimum atomic E-state index is -0.498. The van der Waals surface area contributed by atoms with Gasteiger partial charge in [-0.3, -0.25) is 0 Å². The fraction of sp³-hybridized carbons (Fsp3) is 0.0714. The maximum absolute atomic E-state index is 13.5. The van der Waals surface area contributed by atoms with Gasteiger partial charge in [0.25, 0.3) is 0 Å². The Morgan fingerprint density at radius 3 is 2.63 bits per heavy atom. The number of nitriles is 1. The number of benzene rings is 2. The van der Waals surface area contributed by atoms with Gasteiger partial charge < -0.3 is 5.32 Å². The summed E-state index contributed by atoms with van der Waals surface area (Å²) in [5, 5.41) is 12.0. The number of anilines is 1. The van der Waals surface area contributed by atoms with Crippen LogP contribution in [0.2, 0.25) is 5.02 Å². The first kappa shape index (κ1) is 13.3. The van der Waals surface area contributed by atoms with Crippen LogP contribution >= 0.6 is 11.6 Å². The Morgan fingerprint density at radius 2 is 1.95 bits per heavy atom. The third-order valence-electron chi connectivity index (χ3n) is 2.59. The van der Waals surface area contributed by atoms with Crippen LogP contribution in [0, 0.1) is 23.0 Å². The molecule has 0 fully saturated rings. The second-order valence-electron chi connectivity index (χ2n) is 3.89. The maximum Gasteiger partial charge on any atom is 0.147 e. The third kappa shape index (κ3) is 3.21. The predicted molar refractivity (Wildman–Crippen MR) is 69.9 cm³/mol. The Hall–Kier alpha value is -2.12. The van der Waals surface area contributed by atoms with Crippen molar-refractivity contribution in [1.29, 1.82) is 5.26 Å². The Labute approximate surface area is 114 Å². The fourth-order valence-corrected chi connectivity index (χ4v) is 1.80. The number of hydrogen-bond donors (Lipinski definition) is 1. The summed E-state index contributed by atoms with van der Waals surface area (Å²) in [6.45, 7) is 0.152. The van der Waals surface area contributed by atoms with Gasteiger partial charge in [0.1, 0.15) is 11.6 Å². The van der Waals surface area contributed by atoms with Crippen molar-refractivity contribution in [2.75, 3.05) is 5.32 Å². The molecule has 0 atom stereocenters. The summed E-state index contributed by atoms with van der Waals surface area (Å²) in [6, 6.07) is 10.0. The molecule has 0 radical (unpaired) electrons. The van der Waals surface area contributed by atoms with Gasteiger partial charge in [-0.15, -0.1) is 0 Å². The van der Waals surface area contributed by atoms with Crippen molar-refractivity contribution >= 4 is 17.3 Å². The first-order valence-corrected chi connectivity index (χ1v) is 5.85. The van der Waals surface area contributed by atoms with Crippen LogP contribution in [0.25, 0.3) is 0 Å². The molecule has 1 N–H and O–H groups in total. The maximum atomic E-state index is 13.5. The summed E-state index contributed by atoms with van der Waals surface area (Å²) >= 11 is 5.64. The first-order valence-electron chi connectivity index (χ1n) is 5.47. The zero-order valence-corrected chi connectivity index (χ0v) is 10.5. The summed E-state index contributed by atoms with van der Waals surface area (Å²) < 4.78 is 26.6. The van der Waals surface area contributed by atoms with Gasteiger partial charge in [0, 0.05) is 11.6 Å². The van der Waals surface area contributed by atoms with Crippen molar-refractivity contribution in [3.8, 4) is 6.07 Å². The highest BCUT2D eigenvalue weighted by molar-refractivity contribution is 6.30. The lowest BCUT2D eigenvalue weighted by Gasteiger charge is -2.09. The molecule has 2 aromatic carbocycles. The molecule has 0 spiro atoms. The van der Waals surface area contributed by atoms with E-state index in [2.05, 4.69) is 5.32 Å². The highest BCUT2D eigenvalue weighted by Gasteiger charge is 2.06. The van der Waals surface area contributed by atoms with E-state index >= 15 is 0 Å². The molecule has 0 heterocycles. The number of halogens is 3. The molecule has 2 nitrogen and oxygen atoms in total. The van der Waals surface area contributed by atoms with Gasteiger partial charge in [-0.1, -0.05) is 11.6 Å². The SMILES string of the molecule is N#Cc1ccc(F)cc1CNc1ccc(Cl)cc1F. The van der Waals surface area contributed by atoms with Crippen LogP contribution in [0.3, 0.4) is 0 Å². The van der Waals surface area contributed by atoms with Gasteiger partial charge in [0.05, 0.1) is 17.3 Å². The summed E-state index contributed by atoms with van der Waals surface area (Å²) in [6.07, 6.45) is 0. The number of rotatable bonds is 3. The van der Waals surface area contributed by atoms with Crippen molar-refractivity contribution < 1.29 is 8.78 Å². The number of nitrogens with zero attached hydrogens (tertiary/aromatic N) is 1. The van der Waals surface area contributed by atoms with Crippen LogP contribution in [-0.4, -0.2) is 0 Å². The molecule has 0 aliphatic carbocycles. The van der Waals surface area contributed by atoms with Crippen molar-refractivity contribution in [3.05, 3.63) is 64.2 Å². The Balaban J connectivity index is 2.19. The van der Waals surface area contributed by atoms with Gasteiger partial charge >= 0.3 is 0 Å². The molecule has 0 aromatic heterocycles. The molecule has 0 aliphatic heterocycles. The average molecular weight is 279 g/mol. The molecule has 0 aliphatic rings. The second kappa shape index (κ2) is 5.68. The van der Waals surface area contributed by atoms with E-state index in [1.54, 1.807) is 6.07 Å². The van der Waals surface area contributed by atoms with E-state index < -0.39 is 11.6 Å². The van der Waals surface area contributed by atoms with Crippen LogP contribution in [0.5, 0.6) is 0 Å². The van der Waals surface area contributed by atoms with Gasteiger partial charge in [-0.05, 0) is 42.0 Å². The van der Waals surface area contributed by atoms with E-state index in [9.17, 15) is 8.78 Å². The van der Waals surface area contributed by atoms with Gasteiger partial charge in [0.2, 0.25) is 0 Å². The van der Waals surface area contributed by atoms with E-state index in [4.69, 9.17) is 16.9 Å². The highest BCUT2D eigenvalue weighted by atomic mass is 35.5. The molecule has 0 saturated carbocycles. The molecule has 0 unspecified atom stereocenters. The minimum absolute atomic E-state index is 0.152. The van der Waals surface area contributed by atoms with Crippen LogP contribution in [0.4, 0.5) is 14.5 Å². The first-order chi connectivity index (χ1) is 9.10. The molecule has 0 bridgehead atoms. The van der Waals surface area contributed by atoms with E-state index in [0.717, 1.165) is 0 Å². The van der Waals surface area contributed by atoms with Gasteiger partial charge in [0.15, 0.2) is 0 Å². The lowest BCUT2D eigenvalue weighted by atomic mass is 10.1. The quantitative estimate of drug-likeness (QED) is 0.917. The predicted octanol–water partition coefficient (Wildman–Crippen LogP) is 4.10. The van der Waals surface area contributed by atoms with Crippen LogP contribution in [0.15, 0.2) is 36.4 Å². The van der Waals surface area contributed by atoms with Crippen molar-refractivity contribution in [1.82, 2.24) is 0 Å². The average Bonchev–Trinajstić information content (AvgIpc) is 2.38. The van der Waals surface area contributed by atoms with E-state index in [0.29, 0.717) is 16.1 Å². The summed E-state index contributed by atoms with van der Waals surface area (Å²) in [7, 11) is 0. The highest BCUT2D eigenvalue weighted by Crippen LogP contribution is 2.20. The Kier molecular flexibility index (Phi) is 3.98.